The van der Waals surface area contributed by atoms with Crippen LogP contribution in [0.25, 0.3) is 5.65 Å². The van der Waals surface area contributed by atoms with Crippen molar-refractivity contribution in [2.45, 2.75) is 46.8 Å². The third-order valence-electron chi connectivity index (χ3n) is 4.36. The number of pyridine rings is 1. The summed E-state index contributed by atoms with van der Waals surface area (Å²) >= 11 is 0. The van der Waals surface area contributed by atoms with Gasteiger partial charge in [-0.2, -0.15) is 0 Å². The molecule has 0 aliphatic heterocycles. The molecule has 7 heteroatoms. The molecule has 2 heterocycles. The van der Waals surface area contributed by atoms with Crippen molar-refractivity contribution in [2.24, 2.45) is 4.99 Å². The highest BCUT2D eigenvalue weighted by atomic mass is 16.5. The first-order valence-electron chi connectivity index (χ1n) is 10.1. The molecule has 0 fully saturated rings. The summed E-state index contributed by atoms with van der Waals surface area (Å²) < 4.78 is 7.97. The number of fused-ring (bicyclic) bond motifs is 1. The van der Waals surface area contributed by atoms with Crippen LogP contribution in [0.5, 0.6) is 5.75 Å². The van der Waals surface area contributed by atoms with Crippen molar-refractivity contribution >= 4 is 11.6 Å². The molecule has 0 unspecified atom stereocenters. The highest BCUT2D eigenvalue weighted by molar-refractivity contribution is 5.79. The van der Waals surface area contributed by atoms with Gasteiger partial charge in [-0.05, 0) is 51.5 Å². The number of aromatic nitrogens is 3. The van der Waals surface area contributed by atoms with Gasteiger partial charge < -0.3 is 15.4 Å². The fourth-order valence-electron chi connectivity index (χ4n) is 3.02. The molecule has 0 saturated heterocycles. The van der Waals surface area contributed by atoms with Crippen LogP contribution >= 0.6 is 0 Å². The summed E-state index contributed by atoms with van der Waals surface area (Å²) in [4.78, 5) is 4.73. The molecule has 1 aromatic carbocycles. The molecule has 2 aromatic heterocycles. The average Bonchev–Trinajstić information content (AvgIpc) is 3.10. The Bertz CT molecular complexity index is 963. The number of benzene rings is 1. The van der Waals surface area contributed by atoms with Gasteiger partial charge in [-0.25, -0.2) is 4.99 Å². The summed E-state index contributed by atoms with van der Waals surface area (Å²) in [5, 5.41) is 15.1. The van der Waals surface area contributed by atoms with Gasteiger partial charge in [-0.1, -0.05) is 18.2 Å². The molecule has 0 atom stereocenters. The van der Waals surface area contributed by atoms with E-state index in [2.05, 4.69) is 52.9 Å². The zero-order valence-electron chi connectivity index (χ0n) is 17.6. The maximum atomic E-state index is 5.96. The van der Waals surface area contributed by atoms with Gasteiger partial charge in [0.05, 0.1) is 12.6 Å². The maximum Gasteiger partial charge on any atom is 0.191 e. The molecule has 0 aliphatic rings. The van der Waals surface area contributed by atoms with Gasteiger partial charge in [-0.15, -0.1) is 10.2 Å². The number of guanidine groups is 1. The summed E-state index contributed by atoms with van der Waals surface area (Å²) in [6.07, 6.45) is 2.86. The number of hydrogen-bond acceptors (Lipinski definition) is 4. The van der Waals surface area contributed by atoms with Gasteiger partial charge in [0.25, 0.3) is 0 Å². The first-order chi connectivity index (χ1) is 14.1. The van der Waals surface area contributed by atoms with E-state index in [1.807, 2.05) is 42.6 Å². The maximum absolute atomic E-state index is 5.96. The van der Waals surface area contributed by atoms with Crippen LogP contribution < -0.4 is 15.4 Å². The van der Waals surface area contributed by atoms with Crippen LogP contribution in [0.15, 0.2) is 47.6 Å². The number of nitrogens with one attached hydrogen (secondary N) is 2. The van der Waals surface area contributed by atoms with Crippen molar-refractivity contribution in [1.29, 1.82) is 0 Å². The molecule has 0 aliphatic carbocycles. The van der Waals surface area contributed by atoms with E-state index in [-0.39, 0.29) is 6.10 Å². The first-order valence-corrected chi connectivity index (χ1v) is 10.1. The third-order valence-corrected chi connectivity index (χ3v) is 4.36. The van der Waals surface area contributed by atoms with E-state index in [4.69, 9.17) is 9.73 Å². The Morgan fingerprint density at radius 3 is 2.83 bits per heavy atom. The number of ether oxygens (including phenoxy) is 1. The molecule has 2 N–H and O–H groups in total. The van der Waals surface area contributed by atoms with Crippen molar-refractivity contribution in [1.82, 2.24) is 25.2 Å². The summed E-state index contributed by atoms with van der Waals surface area (Å²) in [5.74, 6) is 2.60. The summed E-state index contributed by atoms with van der Waals surface area (Å²) in [6, 6.07) is 12.1. The first kappa shape index (κ1) is 20.6. The van der Waals surface area contributed by atoms with Crippen molar-refractivity contribution in [3.05, 3.63) is 59.5 Å². The minimum Gasteiger partial charge on any atom is -0.491 e. The number of rotatable bonds is 8. The normalized spacial score (nSPS) is 11.8. The minimum absolute atomic E-state index is 0.129. The molecule has 3 rings (SSSR count). The van der Waals surface area contributed by atoms with E-state index in [1.54, 1.807) is 0 Å². The lowest BCUT2D eigenvalue weighted by atomic mass is 10.1. The second kappa shape index (κ2) is 9.91. The quantitative estimate of drug-likeness (QED) is 0.453. The van der Waals surface area contributed by atoms with Gasteiger partial charge in [0.1, 0.15) is 11.6 Å². The minimum atomic E-state index is 0.129. The van der Waals surface area contributed by atoms with Gasteiger partial charge in [0, 0.05) is 31.3 Å². The molecular formula is C22H30N6O. The zero-order valence-corrected chi connectivity index (χ0v) is 17.6. The number of nitrogens with zero attached hydrogens (tertiary/aromatic N) is 4. The predicted octanol–water partition coefficient (Wildman–Crippen LogP) is 3.12. The molecule has 154 valence electrons. The summed E-state index contributed by atoms with van der Waals surface area (Å²) in [5.41, 5.74) is 3.11. The lowest BCUT2D eigenvalue weighted by Gasteiger charge is -2.15. The number of hydrogen-bond donors (Lipinski definition) is 2. The van der Waals surface area contributed by atoms with Crippen molar-refractivity contribution < 1.29 is 4.74 Å². The lowest BCUT2D eigenvalue weighted by molar-refractivity contribution is 0.240. The Balaban J connectivity index is 1.64. The number of aryl methyl sites for hydroxylation is 1. The van der Waals surface area contributed by atoms with Crippen molar-refractivity contribution in [3.8, 4) is 5.75 Å². The molecule has 0 radical (unpaired) electrons. The van der Waals surface area contributed by atoms with Crippen LogP contribution in [0.2, 0.25) is 0 Å². The molecule has 0 spiro atoms. The van der Waals surface area contributed by atoms with Crippen molar-refractivity contribution in [2.75, 3.05) is 13.1 Å². The fraction of sp³-hybridized carbons (Fsp3) is 0.409. The highest BCUT2D eigenvalue weighted by Gasteiger charge is 2.08. The van der Waals surface area contributed by atoms with E-state index in [0.717, 1.165) is 41.7 Å². The summed E-state index contributed by atoms with van der Waals surface area (Å²) in [7, 11) is 0. The van der Waals surface area contributed by atoms with Crippen LogP contribution in [0.1, 0.15) is 37.7 Å². The standard InChI is InChI=1S/C22H30N6O/c1-5-23-22(24-12-11-21-27-26-20-8-6-7-13-28(20)21)25-15-18-10-9-17(4)14-19(18)29-16(2)3/h6-10,13-14,16H,5,11-12,15H2,1-4H3,(H2,23,24,25). The van der Waals surface area contributed by atoms with Gasteiger partial charge in [-0.3, -0.25) is 4.40 Å². The van der Waals surface area contributed by atoms with E-state index >= 15 is 0 Å². The topological polar surface area (TPSA) is 75.8 Å². The second-order valence-corrected chi connectivity index (χ2v) is 7.19. The Morgan fingerprint density at radius 1 is 1.17 bits per heavy atom. The molecule has 3 aromatic rings. The Kier molecular flexibility index (Phi) is 7.05. The largest absolute Gasteiger partial charge is 0.491 e. The van der Waals surface area contributed by atoms with Crippen LogP contribution in [0, 0.1) is 6.92 Å². The molecule has 0 amide bonds. The van der Waals surface area contributed by atoms with E-state index < -0.39 is 0 Å². The van der Waals surface area contributed by atoms with Crippen molar-refractivity contribution in [3.63, 3.8) is 0 Å². The van der Waals surface area contributed by atoms with E-state index in [9.17, 15) is 0 Å². The molecule has 29 heavy (non-hydrogen) atoms. The van der Waals surface area contributed by atoms with Gasteiger partial charge >= 0.3 is 0 Å². The molecule has 0 saturated carbocycles. The molecule has 7 nitrogen and oxygen atoms in total. The van der Waals surface area contributed by atoms with E-state index in [0.29, 0.717) is 13.1 Å². The predicted molar refractivity (Wildman–Crippen MR) is 116 cm³/mol. The monoisotopic (exact) mass is 394 g/mol. The Hall–Kier alpha value is -3.09. The van der Waals surface area contributed by atoms with Crippen LogP contribution in [-0.2, 0) is 13.0 Å². The average molecular weight is 395 g/mol. The van der Waals surface area contributed by atoms with Crippen LogP contribution in [0.3, 0.4) is 0 Å². The van der Waals surface area contributed by atoms with Crippen LogP contribution in [0.4, 0.5) is 0 Å². The number of aliphatic imine (C=N–C) groups is 1. The summed E-state index contributed by atoms with van der Waals surface area (Å²) in [6.45, 7) is 10.3. The second-order valence-electron chi connectivity index (χ2n) is 7.19. The third kappa shape index (κ3) is 5.70. The van der Waals surface area contributed by atoms with E-state index in [1.165, 1.54) is 5.56 Å². The van der Waals surface area contributed by atoms with Crippen LogP contribution in [-0.4, -0.2) is 39.8 Å². The Morgan fingerprint density at radius 2 is 2.03 bits per heavy atom. The zero-order chi connectivity index (χ0) is 20.6. The van der Waals surface area contributed by atoms with Gasteiger partial charge in [0.2, 0.25) is 0 Å². The molecular weight excluding hydrogens is 364 g/mol. The lowest BCUT2D eigenvalue weighted by Crippen LogP contribution is -2.38. The Labute approximate surface area is 172 Å². The highest BCUT2D eigenvalue weighted by Crippen LogP contribution is 2.22. The SMILES string of the molecule is CCNC(=NCc1ccc(C)cc1OC(C)C)NCCc1nnc2ccccn12. The van der Waals surface area contributed by atoms with Gasteiger partial charge in [0.15, 0.2) is 11.6 Å². The molecule has 0 bridgehead atoms. The fourth-order valence-corrected chi connectivity index (χ4v) is 3.02. The smallest absolute Gasteiger partial charge is 0.191 e.